The first-order valence-corrected chi connectivity index (χ1v) is 7.71. The fraction of sp³-hybridized carbons (Fsp3) is 0.471. The zero-order valence-electron chi connectivity index (χ0n) is 12.8. The van der Waals surface area contributed by atoms with Crippen LogP contribution in [-0.4, -0.2) is 31.3 Å². The fourth-order valence-corrected chi connectivity index (χ4v) is 2.52. The van der Waals surface area contributed by atoms with Gasteiger partial charge in [-0.1, -0.05) is 12.1 Å². The van der Waals surface area contributed by atoms with Gasteiger partial charge >= 0.3 is 0 Å². The van der Waals surface area contributed by atoms with Gasteiger partial charge in [0.15, 0.2) is 12.0 Å². The van der Waals surface area contributed by atoms with Gasteiger partial charge in [0.05, 0.1) is 13.2 Å². The van der Waals surface area contributed by atoms with Crippen molar-refractivity contribution in [1.29, 1.82) is 0 Å². The molecule has 1 N–H and O–H groups in total. The lowest BCUT2D eigenvalue weighted by Gasteiger charge is -2.12. The average Bonchev–Trinajstić information content (AvgIpc) is 3.12. The molecule has 1 fully saturated rings. The minimum atomic E-state index is -0.376. The van der Waals surface area contributed by atoms with Gasteiger partial charge in [-0.15, -0.1) is 12.3 Å². The maximum Gasteiger partial charge on any atom is 0.251 e. The van der Waals surface area contributed by atoms with Gasteiger partial charge in [-0.25, -0.2) is 0 Å². The molecule has 0 radical (unpaired) electrons. The molecule has 1 amide bonds. The molecule has 120 valence electrons. The number of carbonyl (C=O) groups excluding carboxylic acids is 1. The van der Waals surface area contributed by atoms with Gasteiger partial charge in [0.25, 0.3) is 5.91 Å². The Bertz CT molecular complexity index is 639. The maximum atomic E-state index is 12.2. The van der Waals surface area contributed by atoms with Gasteiger partial charge in [-0.2, -0.15) is 10.2 Å². The highest BCUT2D eigenvalue weighted by atomic mass is 16.7. The van der Waals surface area contributed by atoms with Crippen LogP contribution in [0.2, 0.25) is 0 Å². The van der Waals surface area contributed by atoms with Crippen molar-refractivity contribution >= 4 is 5.91 Å². The predicted molar refractivity (Wildman–Crippen MR) is 83.7 cm³/mol. The van der Waals surface area contributed by atoms with Crippen molar-refractivity contribution in [1.82, 2.24) is 5.32 Å². The number of carbonyl (C=O) groups is 1. The third kappa shape index (κ3) is 3.95. The summed E-state index contributed by atoms with van der Waals surface area (Å²) in [6.07, 6.45) is 6.94. The number of hydrogen-bond acceptors (Lipinski definition) is 5. The van der Waals surface area contributed by atoms with E-state index in [0.717, 1.165) is 12.0 Å². The summed E-state index contributed by atoms with van der Waals surface area (Å²) >= 11 is 0. The van der Waals surface area contributed by atoms with E-state index in [1.165, 1.54) is 0 Å². The summed E-state index contributed by atoms with van der Waals surface area (Å²) in [4.78, 5) is 12.2. The summed E-state index contributed by atoms with van der Waals surface area (Å²) in [6, 6.07) is 7.29. The van der Waals surface area contributed by atoms with E-state index in [0.29, 0.717) is 38.2 Å². The van der Waals surface area contributed by atoms with Crippen LogP contribution >= 0.6 is 0 Å². The SMILES string of the molecule is C#CCCC1(CCNC(=O)c2cccc(C3OCCO3)c2)N=N1. The van der Waals surface area contributed by atoms with E-state index < -0.39 is 0 Å². The van der Waals surface area contributed by atoms with Crippen LogP contribution < -0.4 is 5.32 Å². The monoisotopic (exact) mass is 313 g/mol. The van der Waals surface area contributed by atoms with Gasteiger partial charge in [0.2, 0.25) is 0 Å². The number of ether oxygens (including phenoxy) is 2. The van der Waals surface area contributed by atoms with Gasteiger partial charge in [-0.05, 0) is 12.1 Å². The molecular weight excluding hydrogens is 294 g/mol. The van der Waals surface area contributed by atoms with Crippen LogP contribution in [0.3, 0.4) is 0 Å². The largest absolute Gasteiger partial charge is 0.352 e. The lowest BCUT2D eigenvalue weighted by molar-refractivity contribution is -0.0441. The third-order valence-corrected chi connectivity index (χ3v) is 3.91. The van der Waals surface area contributed by atoms with E-state index in [2.05, 4.69) is 21.5 Å². The van der Waals surface area contributed by atoms with E-state index in [-0.39, 0.29) is 17.9 Å². The van der Waals surface area contributed by atoms with Crippen LogP contribution in [0, 0.1) is 12.3 Å². The minimum absolute atomic E-state index is 0.127. The van der Waals surface area contributed by atoms with Crippen LogP contribution in [0.1, 0.15) is 41.5 Å². The van der Waals surface area contributed by atoms with Gasteiger partial charge in [0.1, 0.15) is 0 Å². The van der Waals surface area contributed by atoms with Crippen LogP contribution in [-0.2, 0) is 9.47 Å². The molecule has 0 unspecified atom stereocenters. The van der Waals surface area contributed by atoms with Crippen LogP contribution in [0.25, 0.3) is 0 Å². The molecule has 0 aromatic heterocycles. The van der Waals surface area contributed by atoms with Crippen LogP contribution in [0.5, 0.6) is 0 Å². The second-order valence-corrected chi connectivity index (χ2v) is 5.59. The minimum Gasteiger partial charge on any atom is -0.352 e. The smallest absolute Gasteiger partial charge is 0.251 e. The zero-order valence-corrected chi connectivity index (χ0v) is 12.8. The average molecular weight is 313 g/mol. The zero-order chi connectivity index (χ0) is 16.1. The van der Waals surface area contributed by atoms with Crippen LogP contribution in [0.4, 0.5) is 0 Å². The standard InChI is InChI=1S/C17H19N3O3/c1-2-3-7-17(19-20-17)8-9-18-15(21)13-5-4-6-14(12-13)16-22-10-11-23-16/h1,4-6,12,16H,3,7-11H2,(H,18,21). The Labute approximate surface area is 135 Å². The molecular formula is C17H19N3O3. The number of nitrogens with one attached hydrogen (secondary N) is 1. The normalized spacial score (nSPS) is 18.6. The first kappa shape index (κ1) is 15.7. The molecule has 2 aliphatic rings. The Morgan fingerprint density at radius 1 is 1.35 bits per heavy atom. The first-order chi connectivity index (χ1) is 11.2. The van der Waals surface area contributed by atoms with Gasteiger partial charge in [0, 0.05) is 36.9 Å². The molecule has 0 spiro atoms. The molecule has 0 bridgehead atoms. The molecule has 1 aromatic rings. The van der Waals surface area contributed by atoms with Crippen molar-refractivity contribution in [2.45, 2.75) is 31.2 Å². The van der Waals surface area contributed by atoms with E-state index >= 15 is 0 Å². The van der Waals surface area contributed by atoms with E-state index in [4.69, 9.17) is 15.9 Å². The Morgan fingerprint density at radius 3 is 2.83 bits per heavy atom. The predicted octanol–water partition coefficient (Wildman–Crippen LogP) is 2.43. The molecule has 1 aromatic carbocycles. The van der Waals surface area contributed by atoms with Crippen molar-refractivity contribution in [3.63, 3.8) is 0 Å². The van der Waals surface area contributed by atoms with Crippen molar-refractivity contribution in [2.75, 3.05) is 19.8 Å². The molecule has 0 atom stereocenters. The molecule has 3 rings (SSSR count). The van der Waals surface area contributed by atoms with Crippen molar-refractivity contribution in [3.8, 4) is 12.3 Å². The number of nitrogens with zero attached hydrogens (tertiary/aromatic N) is 2. The maximum absolute atomic E-state index is 12.2. The molecule has 2 heterocycles. The summed E-state index contributed by atoms with van der Waals surface area (Å²) in [5.74, 6) is 2.46. The summed E-state index contributed by atoms with van der Waals surface area (Å²) in [5, 5.41) is 11.0. The highest BCUT2D eigenvalue weighted by Crippen LogP contribution is 2.36. The van der Waals surface area contributed by atoms with E-state index in [1.54, 1.807) is 12.1 Å². The van der Waals surface area contributed by atoms with Gasteiger partial charge < -0.3 is 14.8 Å². The fourth-order valence-electron chi connectivity index (χ4n) is 2.52. The lowest BCUT2D eigenvalue weighted by Crippen LogP contribution is -2.28. The first-order valence-electron chi connectivity index (χ1n) is 7.71. The van der Waals surface area contributed by atoms with Crippen molar-refractivity contribution < 1.29 is 14.3 Å². The number of amides is 1. The molecule has 2 aliphatic heterocycles. The molecule has 1 saturated heterocycles. The summed E-state index contributed by atoms with van der Waals surface area (Å²) < 4.78 is 10.9. The Balaban J connectivity index is 1.50. The quantitative estimate of drug-likeness (QED) is 0.786. The second-order valence-electron chi connectivity index (χ2n) is 5.59. The summed E-state index contributed by atoms with van der Waals surface area (Å²) in [7, 11) is 0. The number of terminal acetylenes is 1. The van der Waals surface area contributed by atoms with Crippen molar-refractivity contribution in [3.05, 3.63) is 35.4 Å². The molecule has 0 aliphatic carbocycles. The molecule has 0 saturated carbocycles. The molecule has 23 heavy (non-hydrogen) atoms. The number of rotatable bonds is 7. The van der Waals surface area contributed by atoms with Crippen LogP contribution in [0.15, 0.2) is 34.5 Å². The van der Waals surface area contributed by atoms with Gasteiger partial charge in [-0.3, -0.25) is 4.79 Å². The highest BCUT2D eigenvalue weighted by Gasteiger charge is 2.38. The third-order valence-electron chi connectivity index (χ3n) is 3.91. The summed E-state index contributed by atoms with van der Waals surface area (Å²) in [5.41, 5.74) is 1.07. The Hall–Kier alpha value is -2.23. The Kier molecular flexibility index (Phi) is 4.70. The second kappa shape index (κ2) is 6.90. The highest BCUT2D eigenvalue weighted by molar-refractivity contribution is 5.94. The molecule has 6 nitrogen and oxygen atoms in total. The number of benzene rings is 1. The Morgan fingerprint density at radius 2 is 2.13 bits per heavy atom. The molecule has 6 heteroatoms. The van der Waals surface area contributed by atoms with E-state index in [9.17, 15) is 4.79 Å². The van der Waals surface area contributed by atoms with Crippen molar-refractivity contribution in [2.24, 2.45) is 10.2 Å². The lowest BCUT2D eigenvalue weighted by atomic mass is 10.0. The number of hydrogen-bond donors (Lipinski definition) is 1. The summed E-state index contributed by atoms with van der Waals surface area (Å²) in [6.45, 7) is 1.67. The topological polar surface area (TPSA) is 72.3 Å². The van der Waals surface area contributed by atoms with E-state index in [1.807, 2.05) is 12.1 Å².